The molecule has 0 aliphatic carbocycles. The first-order chi connectivity index (χ1) is 14.5. The van der Waals surface area contributed by atoms with Crippen LogP contribution in [0.15, 0.2) is 18.2 Å². The van der Waals surface area contributed by atoms with Crippen molar-refractivity contribution in [2.75, 3.05) is 44.3 Å². The van der Waals surface area contributed by atoms with Gasteiger partial charge in [-0.3, -0.25) is 19.3 Å². The summed E-state index contributed by atoms with van der Waals surface area (Å²) in [6.45, 7) is 13.6. The maximum absolute atomic E-state index is 13.5. The minimum Gasteiger partial charge on any atom is -0.379 e. The van der Waals surface area contributed by atoms with Crippen LogP contribution in [0.5, 0.6) is 0 Å². The van der Waals surface area contributed by atoms with Crippen molar-refractivity contribution in [3.05, 3.63) is 40.7 Å². The number of hydrogen-bond donors (Lipinski definition) is 0. The Bertz CT molecular complexity index is 1050. The van der Waals surface area contributed by atoms with Crippen LogP contribution in [0.2, 0.25) is 0 Å². The fraction of sp³-hybridized carbons (Fsp3) is 0.500. The van der Waals surface area contributed by atoms with Gasteiger partial charge < -0.3 is 4.74 Å². The molecule has 4 rings (SSSR count). The largest absolute Gasteiger partial charge is 0.379 e. The Morgan fingerprint density at radius 3 is 2.67 bits per heavy atom. The second-order valence-electron chi connectivity index (χ2n) is 7.82. The monoisotopic (exact) mass is 427 g/mol. The molecule has 3 heterocycles. The van der Waals surface area contributed by atoms with E-state index < -0.39 is 0 Å². The summed E-state index contributed by atoms with van der Waals surface area (Å²) < 4.78 is 8.43. The molecule has 0 bridgehead atoms. The fourth-order valence-electron chi connectivity index (χ4n) is 3.90. The summed E-state index contributed by atoms with van der Waals surface area (Å²) in [7, 11) is 0. The molecular formula is C22H29N5O2S. The lowest BCUT2D eigenvalue weighted by atomic mass is 10.1. The normalized spacial score (nSPS) is 15.1. The van der Waals surface area contributed by atoms with Gasteiger partial charge in [-0.1, -0.05) is 17.4 Å². The molecule has 160 valence electrons. The van der Waals surface area contributed by atoms with Gasteiger partial charge in [0.15, 0.2) is 10.8 Å². The minimum atomic E-state index is -0.0907. The molecule has 1 amide bonds. The number of morpholine rings is 1. The van der Waals surface area contributed by atoms with Crippen LogP contribution >= 0.6 is 11.3 Å². The summed E-state index contributed by atoms with van der Waals surface area (Å²) in [5.41, 5.74) is 4.78. The van der Waals surface area contributed by atoms with Gasteiger partial charge in [0.1, 0.15) is 0 Å². The van der Waals surface area contributed by atoms with E-state index in [0.29, 0.717) is 12.2 Å². The highest BCUT2D eigenvalue weighted by Gasteiger charge is 2.25. The smallest absolute Gasteiger partial charge is 0.280 e. The van der Waals surface area contributed by atoms with Crippen LogP contribution in [-0.2, 0) is 11.3 Å². The first-order valence-corrected chi connectivity index (χ1v) is 11.3. The van der Waals surface area contributed by atoms with E-state index in [1.807, 2.05) is 24.6 Å². The van der Waals surface area contributed by atoms with Crippen molar-refractivity contribution < 1.29 is 9.53 Å². The minimum absolute atomic E-state index is 0.0907. The van der Waals surface area contributed by atoms with Gasteiger partial charge in [-0.2, -0.15) is 5.10 Å². The molecule has 0 N–H and O–H groups in total. The Morgan fingerprint density at radius 1 is 1.20 bits per heavy atom. The van der Waals surface area contributed by atoms with Crippen molar-refractivity contribution in [1.82, 2.24) is 19.7 Å². The number of hydrogen-bond acceptors (Lipinski definition) is 6. The number of ether oxygens (including phenoxy) is 1. The summed E-state index contributed by atoms with van der Waals surface area (Å²) in [5.74, 6) is -0.0907. The fourth-order valence-corrected chi connectivity index (χ4v) is 5.06. The van der Waals surface area contributed by atoms with Gasteiger partial charge in [-0.05, 0) is 51.0 Å². The summed E-state index contributed by atoms with van der Waals surface area (Å²) in [5, 5.41) is 5.26. The van der Waals surface area contributed by atoms with E-state index in [1.54, 1.807) is 16.2 Å². The van der Waals surface area contributed by atoms with Gasteiger partial charge in [0.2, 0.25) is 0 Å². The van der Waals surface area contributed by atoms with Crippen molar-refractivity contribution in [3.63, 3.8) is 0 Å². The molecule has 0 spiro atoms. The Hall–Kier alpha value is -2.29. The zero-order valence-corrected chi connectivity index (χ0v) is 19.0. The maximum Gasteiger partial charge on any atom is 0.280 e. The molecule has 7 nitrogen and oxygen atoms in total. The first-order valence-electron chi connectivity index (χ1n) is 10.5. The summed E-state index contributed by atoms with van der Waals surface area (Å²) >= 11 is 1.58. The summed E-state index contributed by atoms with van der Waals surface area (Å²) in [4.78, 5) is 22.5. The zero-order chi connectivity index (χ0) is 21.3. The Kier molecular flexibility index (Phi) is 6.17. The van der Waals surface area contributed by atoms with Crippen molar-refractivity contribution in [3.8, 4) is 0 Å². The molecule has 1 aromatic carbocycles. The molecule has 0 radical (unpaired) electrons. The van der Waals surface area contributed by atoms with Gasteiger partial charge in [0.25, 0.3) is 5.91 Å². The second-order valence-corrected chi connectivity index (χ2v) is 8.83. The number of carbonyl (C=O) groups is 1. The van der Waals surface area contributed by atoms with Gasteiger partial charge in [0, 0.05) is 38.4 Å². The third-order valence-electron chi connectivity index (χ3n) is 5.54. The lowest BCUT2D eigenvalue weighted by Gasteiger charge is -2.29. The van der Waals surface area contributed by atoms with Gasteiger partial charge in [-0.15, -0.1) is 0 Å². The van der Waals surface area contributed by atoms with Crippen LogP contribution < -0.4 is 4.90 Å². The lowest BCUT2D eigenvalue weighted by Crippen LogP contribution is -2.43. The molecule has 0 atom stereocenters. The Balaban J connectivity index is 1.67. The number of anilines is 1. The topological polar surface area (TPSA) is 63.5 Å². The average molecular weight is 428 g/mol. The van der Waals surface area contributed by atoms with E-state index in [2.05, 4.69) is 36.0 Å². The SMILES string of the molecule is CCn1nc(C(=O)N(CCN2CCOCC2)c2nc3c(C)cc(C)cc3s2)cc1C. The van der Waals surface area contributed by atoms with Crippen LogP contribution in [0, 0.1) is 20.8 Å². The van der Waals surface area contributed by atoms with Gasteiger partial charge in [-0.25, -0.2) is 4.98 Å². The van der Waals surface area contributed by atoms with E-state index in [0.717, 1.165) is 66.0 Å². The quantitative estimate of drug-likeness (QED) is 0.603. The lowest BCUT2D eigenvalue weighted by molar-refractivity contribution is 0.0391. The molecule has 1 saturated heterocycles. The van der Waals surface area contributed by atoms with Gasteiger partial charge in [0.05, 0.1) is 23.4 Å². The molecule has 30 heavy (non-hydrogen) atoms. The molecule has 0 saturated carbocycles. The highest BCUT2D eigenvalue weighted by atomic mass is 32.1. The molecule has 1 aliphatic heterocycles. The second kappa shape index (κ2) is 8.83. The number of fused-ring (bicyclic) bond motifs is 1. The zero-order valence-electron chi connectivity index (χ0n) is 18.1. The number of nitrogens with zero attached hydrogens (tertiary/aromatic N) is 5. The van der Waals surface area contributed by atoms with E-state index in [9.17, 15) is 4.79 Å². The summed E-state index contributed by atoms with van der Waals surface area (Å²) in [6.07, 6.45) is 0. The number of benzene rings is 1. The van der Waals surface area contributed by atoms with Crippen LogP contribution in [0.3, 0.4) is 0 Å². The number of aromatic nitrogens is 3. The predicted molar refractivity (Wildman–Crippen MR) is 121 cm³/mol. The molecule has 2 aromatic heterocycles. The molecule has 1 aliphatic rings. The third kappa shape index (κ3) is 4.26. The molecule has 8 heteroatoms. The molecular weight excluding hydrogens is 398 g/mol. The third-order valence-corrected chi connectivity index (χ3v) is 6.56. The number of carbonyl (C=O) groups excluding carboxylic acids is 1. The van der Waals surface area contributed by atoms with Crippen LogP contribution in [0.1, 0.15) is 34.2 Å². The van der Waals surface area contributed by atoms with Crippen molar-refractivity contribution >= 4 is 32.6 Å². The number of amides is 1. The van der Waals surface area contributed by atoms with E-state index in [1.165, 1.54) is 5.56 Å². The maximum atomic E-state index is 13.5. The molecule has 3 aromatic rings. The van der Waals surface area contributed by atoms with Crippen molar-refractivity contribution in [2.45, 2.75) is 34.2 Å². The number of rotatable bonds is 6. The Labute approximate surface area is 181 Å². The highest BCUT2D eigenvalue weighted by Crippen LogP contribution is 2.32. The van der Waals surface area contributed by atoms with Crippen LogP contribution in [0.25, 0.3) is 10.2 Å². The number of thiazole rings is 1. The summed E-state index contributed by atoms with van der Waals surface area (Å²) in [6, 6.07) is 6.15. The standard InChI is InChI=1S/C22H29N5O2S/c1-5-27-17(4)14-18(24-27)21(28)26(7-6-25-8-10-29-11-9-25)22-23-20-16(3)12-15(2)13-19(20)30-22/h12-14H,5-11H2,1-4H3. The van der Waals surface area contributed by atoms with Crippen molar-refractivity contribution in [2.24, 2.45) is 0 Å². The molecule has 1 fully saturated rings. The van der Waals surface area contributed by atoms with E-state index >= 15 is 0 Å². The van der Waals surface area contributed by atoms with Crippen LogP contribution in [0.4, 0.5) is 5.13 Å². The van der Waals surface area contributed by atoms with E-state index in [-0.39, 0.29) is 5.91 Å². The van der Waals surface area contributed by atoms with E-state index in [4.69, 9.17) is 9.72 Å². The number of aryl methyl sites for hydroxylation is 4. The Morgan fingerprint density at radius 2 is 1.97 bits per heavy atom. The van der Waals surface area contributed by atoms with Crippen LogP contribution in [-0.4, -0.2) is 65.0 Å². The average Bonchev–Trinajstić information content (AvgIpc) is 3.32. The predicted octanol–water partition coefficient (Wildman–Crippen LogP) is 3.42. The highest BCUT2D eigenvalue weighted by molar-refractivity contribution is 7.22. The van der Waals surface area contributed by atoms with Gasteiger partial charge >= 0.3 is 0 Å². The molecule has 0 unspecified atom stereocenters. The first kappa shape index (κ1) is 21.0. The van der Waals surface area contributed by atoms with Crippen molar-refractivity contribution in [1.29, 1.82) is 0 Å².